The van der Waals surface area contributed by atoms with Gasteiger partial charge in [0, 0.05) is 29.0 Å². The molecule has 0 saturated heterocycles. The smallest absolute Gasteiger partial charge is 0.140 e. The van der Waals surface area contributed by atoms with Gasteiger partial charge in [0.1, 0.15) is 11.6 Å². The van der Waals surface area contributed by atoms with E-state index in [1.807, 2.05) is 35.0 Å². The van der Waals surface area contributed by atoms with Gasteiger partial charge in [-0.15, -0.1) is 0 Å². The van der Waals surface area contributed by atoms with E-state index < -0.39 is 0 Å². The van der Waals surface area contributed by atoms with E-state index in [0.29, 0.717) is 11.0 Å². The Morgan fingerprint density at radius 1 is 1.10 bits per heavy atom. The van der Waals surface area contributed by atoms with Crippen LogP contribution in [-0.2, 0) is 6.54 Å². The molecule has 20 heavy (non-hydrogen) atoms. The Morgan fingerprint density at radius 3 is 2.65 bits per heavy atom. The van der Waals surface area contributed by atoms with Crippen molar-refractivity contribution in [2.75, 3.05) is 0 Å². The third kappa shape index (κ3) is 2.80. The van der Waals surface area contributed by atoms with Crippen molar-refractivity contribution in [2.24, 2.45) is 0 Å². The van der Waals surface area contributed by atoms with Crippen LogP contribution in [0.2, 0.25) is 0 Å². The summed E-state index contributed by atoms with van der Waals surface area (Å²) < 4.78 is 16.2. The standard InChI is InChI=1S/C16H12BrFN2/c17-14-8-13(9-15(18)10-14)16-19-6-7-20(16)11-12-4-2-1-3-5-12/h1-10H,11H2. The third-order valence-corrected chi connectivity index (χ3v) is 3.49. The molecule has 0 saturated carbocycles. The van der Waals surface area contributed by atoms with E-state index in [1.165, 1.54) is 17.7 Å². The highest BCUT2D eigenvalue weighted by Crippen LogP contribution is 2.24. The minimum Gasteiger partial charge on any atom is -0.327 e. The molecule has 1 heterocycles. The quantitative estimate of drug-likeness (QED) is 0.691. The molecule has 0 amide bonds. The Hall–Kier alpha value is -1.94. The van der Waals surface area contributed by atoms with Gasteiger partial charge in [-0.1, -0.05) is 46.3 Å². The summed E-state index contributed by atoms with van der Waals surface area (Å²) in [4.78, 5) is 4.34. The molecule has 2 nitrogen and oxygen atoms in total. The summed E-state index contributed by atoms with van der Waals surface area (Å²) in [5, 5.41) is 0. The summed E-state index contributed by atoms with van der Waals surface area (Å²) in [5.74, 6) is 0.484. The molecule has 0 atom stereocenters. The van der Waals surface area contributed by atoms with Crippen molar-refractivity contribution in [1.82, 2.24) is 9.55 Å². The number of halogens is 2. The minimum absolute atomic E-state index is 0.274. The highest BCUT2D eigenvalue weighted by molar-refractivity contribution is 9.10. The molecule has 100 valence electrons. The molecule has 3 aromatic rings. The van der Waals surface area contributed by atoms with E-state index >= 15 is 0 Å². The molecule has 0 radical (unpaired) electrons. The zero-order chi connectivity index (χ0) is 13.9. The maximum atomic E-state index is 13.5. The summed E-state index contributed by atoms with van der Waals surface area (Å²) in [6.45, 7) is 0.713. The number of hydrogen-bond donors (Lipinski definition) is 0. The van der Waals surface area contributed by atoms with Crippen molar-refractivity contribution in [1.29, 1.82) is 0 Å². The number of imidazole rings is 1. The predicted molar refractivity (Wildman–Crippen MR) is 80.9 cm³/mol. The average Bonchev–Trinajstić information content (AvgIpc) is 2.87. The van der Waals surface area contributed by atoms with Crippen molar-refractivity contribution in [3.8, 4) is 11.4 Å². The fraction of sp³-hybridized carbons (Fsp3) is 0.0625. The third-order valence-electron chi connectivity index (χ3n) is 3.03. The first-order valence-corrected chi connectivity index (χ1v) is 7.03. The van der Waals surface area contributed by atoms with Crippen LogP contribution in [0.1, 0.15) is 5.56 Å². The number of aromatic nitrogens is 2. The van der Waals surface area contributed by atoms with Gasteiger partial charge in [0.2, 0.25) is 0 Å². The first-order chi connectivity index (χ1) is 9.72. The fourth-order valence-corrected chi connectivity index (χ4v) is 2.63. The zero-order valence-corrected chi connectivity index (χ0v) is 12.2. The first kappa shape index (κ1) is 13.1. The highest BCUT2D eigenvalue weighted by Gasteiger charge is 2.08. The second kappa shape index (κ2) is 5.59. The molecule has 0 N–H and O–H groups in total. The molecule has 0 aliphatic rings. The molecule has 0 aliphatic heterocycles. The molecule has 0 unspecified atom stereocenters. The van der Waals surface area contributed by atoms with Gasteiger partial charge in [0.25, 0.3) is 0 Å². The van der Waals surface area contributed by atoms with E-state index in [1.54, 1.807) is 6.20 Å². The Labute approximate surface area is 125 Å². The molecular weight excluding hydrogens is 319 g/mol. The highest BCUT2D eigenvalue weighted by atomic mass is 79.9. The lowest BCUT2D eigenvalue weighted by atomic mass is 10.2. The molecule has 3 rings (SSSR count). The largest absolute Gasteiger partial charge is 0.327 e. The molecule has 2 aromatic carbocycles. The van der Waals surface area contributed by atoms with Crippen LogP contribution in [0.15, 0.2) is 65.4 Å². The van der Waals surface area contributed by atoms with Gasteiger partial charge in [-0.05, 0) is 23.8 Å². The van der Waals surface area contributed by atoms with Crippen LogP contribution >= 0.6 is 15.9 Å². The predicted octanol–water partition coefficient (Wildman–Crippen LogP) is 4.50. The van der Waals surface area contributed by atoms with Crippen molar-refractivity contribution in [3.63, 3.8) is 0 Å². The molecule has 0 fully saturated rings. The minimum atomic E-state index is -0.274. The van der Waals surface area contributed by atoms with Crippen LogP contribution in [-0.4, -0.2) is 9.55 Å². The van der Waals surface area contributed by atoms with Crippen LogP contribution in [0.5, 0.6) is 0 Å². The molecule has 0 aliphatic carbocycles. The van der Waals surface area contributed by atoms with Crippen molar-refractivity contribution in [3.05, 3.63) is 76.8 Å². The van der Waals surface area contributed by atoms with Gasteiger partial charge in [0.05, 0.1) is 0 Å². The van der Waals surface area contributed by atoms with E-state index in [9.17, 15) is 4.39 Å². The van der Waals surface area contributed by atoms with Crippen molar-refractivity contribution < 1.29 is 4.39 Å². The van der Waals surface area contributed by atoms with Crippen LogP contribution in [0.3, 0.4) is 0 Å². The Balaban J connectivity index is 1.98. The molecule has 4 heteroatoms. The Bertz CT molecular complexity index is 702. The molecular formula is C16H12BrFN2. The summed E-state index contributed by atoms with van der Waals surface area (Å²) in [7, 11) is 0. The zero-order valence-electron chi connectivity index (χ0n) is 10.6. The number of hydrogen-bond acceptors (Lipinski definition) is 1. The fourth-order valence-electron chi connectivity index (χ4n) is 2.16. The molecule has 0 bridgehead atoms. The SMILES string of the molecule is Fc1cc(Br)cc(-c2nccn2Cc2ccccc2)c1. The summed E-state index contributed by atoms with van der Waals surface area (Å²) in [6, 6.07) is 14.9. The van der Waals surface area contributed by atoms with Gasteiger partial charge in [-0.2, -0.15) is 0 Å². The lowest BCUT2D eigenvalue weighted by Gasteiger charge is -2.08. The van der Waals surface area contributed by atoms with Gasteiger partial charge >= 0.3 is 0 Å². The number of nitrogens with zero attached hydrogens (tertiary/aromatic N) is 2. The summed E-state index contributed by atoms with van der Waals surface area (Å²) >= 11 is 3.31. The Morgan fingerprint density at radius 2 is 1.90 bits per heavy atom. The van der Waals surface area contributed by atoms with Gasteiger partial charge in [-0.25, -0.2) is 9.37 Å². The van der Waals surface area contributed by atoms with Crippen LogP contribution in [0.4, 0.5) is 4.39 Å². The van der Waals surface area contributed by atoms with Gasteiger partial charge in [0.15, 0.2) is 0 Å². The maximum Gasteiger partial charge on any atom is 0.140 e. The second-order valence-corrected chi connectivity index (χ2v) is 5.44. The first-order valence-electron chi connectivity index (χ1n) is 6.24. The lowest BCUT2D eigenvalue weighted by molar-refractivity contribution is 0.627. The van der Waals surface area contributed by atoms with E-state index in [4.69, 9.17) is 0 Å². The van der Waals surface area contributed by atoms with Crippen molar-refractivity contribution in [2.45, 2.75) is 6.54 Å². The van der Waals surface area contributed by atoms with E-state index in [2.05, 4.69) is 33.0 Å². The van der Waals surface area contributed by atoms with E-state index in [0.717, 1.165) is 11.4 Å². The topological polar surface area (TPSA) is 17.8 Å². The number of rotatable bonds is 3. The Kier molecular flexibility index (Phi) is 3.65. The van der Waals surface area contributed by atoms with E-state index in [-0.39, 0.29) is 5.82 Å². The number of benzene rings is 2. The average molecular weight is 331 g/mol. The molecule has 0 spiro atoms. The molecule has 1 aromatic heterocycles. The normalized spacial score (nSPS) is 10.7. The monoisotopic (exact) mass is 330 g/mol. The van der Waals surface area contributed by atoms with Gasteiger partial charge < -0.3 is 4.57 Å². The second-order valence-electron chi connectivity index (χ2n) is 4.52. The van der Waals surface area contributed by atoms with Gasteiger partial charge in [-0.3, -0.25) is 0 Å². The van der Waals surface area contributed by atoms with Crippen LogP contribution < -0.4 is 0 Å². The summed E-state index contributed by atoms with van der Waals surface area (Å²) in [6.07, 6.45) is 3.64. The maximum absolute atomic E-state index is 13.5. The van der Waals surface area contributed by atoms with Crippen LogP contribution in [0, 0.1) is 5.82 Å². The lowest BCUT2D eigenvalue weighted by Crippen LogP contribution is -2.01. The van der Waals surface area contributed by atoms with Crippen molar-refractivity contribution >= 4 is 15.9 Å². The summed E-state index contributed by atoms with van der Waals surface area (Å²) in [5.41, 5.74) is 1.94. The van der Waals surface area contributed by atoms with Crippen LogP contribution in [0.25, 0.3) is 11.4 Å².